The predicted molar refractivity (Wildman–Crippen MR) is 82.3 cm³/mol. The van der Waals surface area contributed by atoms with Gasteiger partial charge in [-0.05, 0) is 30.4 Å². The van der Waals surface area contributed by atoms with Crippen LogP contribution < -0.4 is 0 Å². The molecule has 4 heteroatoms. The monoisotopic (exact) mass is 286 g/mol. The fourth-order valence-electron chi connectivity index (χ4n) is 3.38. The average Bonchev–Trinajstić information content (AvgIpc) is 2.70. The molecular weight excluding hydrogens is 268 g/mol. The zero-order valence-corrected chi connectivity index (χ0v) is 12.2. The smallest absolute Gasteiger partial charge is 0.264 e. The maximum absolute atomic E-state index is 12.8. The van der Waals surface area contributed by atoms with Crippen molar-refractivity contribution in [2.24, 2.45) is 0 Å². The van der Waals surface area contributed by atoms with Crippen molar-refractivity contribution >= 4 is 27.3 Å². The molecule has 0 spiro atoms. The maximum Gasteiger partial charge on any atom is 0.264 e. The van der Waals surface area contributed by atoms with Gasteiger partial charge >= 0.3 is 0 Å². The summed E-state index contributed by atoms with van der Waals surface area (Å²) in [4.78, 5) is 18.3. The quantitative estimate of drug-likeness (QED) is 0.805. The minimum Gasteiger partial charge on any atom is -0.334 e. The van der Waals surface area contributed by atoms with E-state index in [0.717, 1.165) is 43.9 Å². The summed E-state index contributed by atoms with van der Waals surface area (Å²) in [5, 5.41) is 1.18. The molecule has 2 bridgehead atoms. The van der Waals surface area contributed by atoms with E-state index >= 15 is 0 Å². The van der Waals surface area contributed by atoms with E-state index in [2.05, 4.69) is 28.0 Å². The van der Waals surface area contributed by atoms with Crippen LogP contribution in [-0.2, 0) is 0 Å². The summed E-state index contributed by atoms with van der Waals surface area (Å²) in [5.74, 6) is 0.236. The van der Waals surface area contributed by atoms with Crippen molar-refractivity contribution in [3.8, 4) is 0 Å². The standard InChI is InChI=1S/C16H18N2OS/c19-16(15-11-12-3-1-2-4-14(12)20-15)18-10-9-17-7-5-13(18)6-8-17/h1-4,11,13H,5-10H2. The fraction of sp³-hybridized carbons (Fsp3) is 0.438. The fourth-order valence-corrected chi connectivity index (χ4v) is 4.40. The molecule has 0 N–H and O–H groups in total. The Morgan fingerprint density at radius 1 is 1.10 bits per heavy atom. The molecule has 0 saturated carbocycles. The lowest BCUT2D eigenvalue weighted by Gasteiger charge is -2.31. The van der Waals surface area contributed by atoms with E-state index in [1.165, 1.54) is 10.1 Å². The van der Waals surface area contributed by atoms with Gasteiger partial charge in [0, 0.05) is 36.9 Å². The lowest BCUT2D eigenvalue weighted by atomic mass is 10.1. The van der Waals surface area contributed by atoms with Crippen LogP contribution in [0.2, 0.25) is 0 Å². The Bertz CT molecular complexity index is 610. The minimum atomic E-state index is 0.236. The van der Waals surface area contributed by atoms with Gasteiger partial charge in [0.05, 0.1) is 4.88 Å². The SMILES string of the molecule is O=C(c1cc2ccccc2s1)N1CCN2CCC1CC2. The molecule has 4 heterocycles. The molecule has 1 aromatic carbocycles. The lowest BCUT2D eigenvalue weighted by molar-refractivity contribution is 0.0690. The van der Waals surface area contributed by atoms with Crippen LogP contribution in [0.3, 0.4) is 0 Å². The summed E-state index contributed by atoms with van der Waals surface area (Å²) in [6.45, 7) is 4.23. The molecular formula is C16H18N2OS. The van der Waals surface area contributed by atoms with Crippen LogP contribution in [0.15, 0.2) is 30.3 Å². The molecule has 3 aliphatic rings. The van der Waals surface area contributed by atoms with E-state index in [9.17, 15) is 4.79 Å². The molecule has 1 aromatic heterocycles. The number of rotatable bonds is 1. The minimum absolute atomic E-state index is 0.236. The van der Waals surface area contributed by atoms with E-state index in [1.54, 1.807) is 11.3 Å². The van der Waals surface area contributed by atoms with E-state index in [4.69, 9.17) is 0 Å². The predicted octanol–water partition coefficient (Wildman–Crippen LogP) is 2.82. The molecule has 20 heavy (non-hydrogen) atoms. The normalized spacial score (nSPS) is 25.9. The van der Waals surface area contributed by atoms with Crippen molar-refractivity contribution in [3.05, 3.63) is 35.2 Å². The van der Waals surface area contributed by atoms with Crippen LogP contribution >= 0.6 is 11.3 Å². The number of amides is 1. The van der Waals surface area contributed by atoms with Gasteiger partial charge in [0.1, 0.15) is 0 Å². The second-order valence-corrected chi connectivity index (χ2v) is 6.80. The van der Waals surface area contributed by atoms with Crippen molar-refractivity contribution < 1.29 is 4.79 Å². The first kappa shape index (κ1) is 12.4. The topological polar surface area (TPSA) is 23.6 Å². The molecule has 0 aliphatic carbocycles. The summed E-state index contributed by atoms with van der Waals surface area (Å²) in [6.07, 6.45) is 2.27. The highest BCUT2D eigenvalue weighted by atomic mass is 32.1. The Balaban J connectivity index is 1.65. The number of nitrogens with zero attached hydrogens (tertiary/aromatic N) is 2. The van der Waals surface area contributed by atoms with Gasteiger partial charge in [-0.3, -0.25) is 4.79 Å². The third-order valence-corrected chi connectivity index (χ3v) is 5.66. The molecule has 1 amide bonds. The van der Waals surface area contributed by atoms with Gasteiger partial charge < -0.3 is 9.80 Å². The maximum atomic E-state index is 12.8. The summed E-state index contributed by atoms with van der Waals surface area (Å²) in [7, 11) is 0. The number of hydrogen-bond acceptors (Lipinski definition) is 3. The first-order valence-corrected chi connectivity index (χ1v) is 8.15. The number of benzene rings is 1. The van der Waals surface area contributed by atoms with Crippen molar-refractivity contribution in [1.82, 2.24) is 9.80 Å². The lowest BCUT2D eigenvalue weighted by Crippen LogP contribution is -2.41. The van der Waals surface area contributed by atoms with Gasteiger partial charge in [0.2, 0.25) is 0 Å². The second-order valence-electron chi connectivity index (χ2n) is 5.72. The van der Waals surface area contributed by atoms with Crippen molar-refractivity contribution in [2.45, 2.75) is 18.9 Å². The number of piperidine rings is 1. The number of hydrogen-bond donors (Lipinski definition) is 0. The Labute approximate surface area is 122 Å². The third kappa shape index (κ3) is 2.03. The number of thiophene rings is 1. The van der Waals surface area contributed by atoms with Crippen LogP contribution in [0, 0.1) is 0 Å². The molecule has 0 unspecified atom stereocenters. The van der Waals surface area contributed by atoms with Gasteiger partial charge in [-0.2, -0.15) is 0 Å². The van der Waals surface area contributed by atoms with Crippen molar-refractivity contribution in [3.63, 3.8) is 0 Å². The molecule has 3 fully saturated rings. The van der Waals surface area contributed by atoms with Gasteiger partial charge in [0.25, 0.3) is 5.91 Å². The first-order valence-electron chi connectivity index (χ1n) is 7.33. The molecule has 3 nitrogen and oxygen atoms in total. The first-order chi connectivity index (χ1) is 9.81. The largest absolute Gasteiger partial charge is 0.334 e. The van der Waals surface area contributed by atoms with Gasteiger partial charge in [-0.25, -0.2) is 0 Å². The Morgan fingerprint density at radius 3 is 2.70 bits per heavy atom. The van der Waals surface area contributed by atoms with Crippen LogP contribution in [0.1, 0.15) is 22.5 Å². The molecule has 0 radical (unpaired) electrons. The van der Waals surface area contributed by atoms with Gasteiger partial charge in [-0.15, -0.1) is 11.3 Å². The van der Waals surface area contributed by atoms with Crippen molar-refractivity contribution in [1.29, 1.82) is 0 Å². The number of carbonyl (C=O) groups is 1. The van der Waals surface area contributed by atoms with E-state index < -0.39 is 0 Å². The van der Waals surface area contributed by atoms with Crippen molar-refractivity contribution in [2.75, 3.05) is 26.2 Å². The van der Waals surface area contributed by atoms with Crippen LogP contribution in [-0.4, -0.2) is 47.9 Å². The van der Waals surface area contributed by atoms with Crippen LogP contribution in [0.5, 0.6) is 0 Å². The Hall–Kier alpha value is -1.39. The summed E-state index contributed by atoms with van der Waals surface area (Å²) in [6, 6.07) is 10.8. The molecule has 104 valence electrons. The molecule has 5 rings (SSSR count). The molecule has 3 aliphatic heterocycles. The van der Waals surface area contributed by atoms with E-state index in [-0.39, 0.29) is 5.91 Å². The van der Waals surface area contributed by atoms with Crippen LogP contribution in [0.25, 0.3) is 10.1 Å². The molecule has 0 atom stereocenters. The molecule has 2 aromatic rings. The van der Waals surface area contributed by atoms with Crippen LogP contribution in [0.4, 0.5) is 0 Å². The average molecular weight is 286 g/mol. The summed E-state index contributed by atoms with van der Waals surface area (Å²) in [5.41, 5.74) is 0. The highest BCUT2D eigenvalue weighted by Crippen LogP contribution is 2.29. The zero-order valence-electron chi connectivity index (χ0n) is 11.4. The van der Waals surface area contributed by atoms with E-state index in [0.29, 0.717) is 6.04 Å². The highest BCUT2D eigenvalue weighted by molar-refractivity contribution is 7.20. The Kier molecular flexibility index (Phi) is 3.00. The van der Waals surface area contributed by atoms with Gasteiger partial charge in [0.15, 0.2) is 0 Å². The third-order valence-electron chi connectivity index (χ3n) is 4.55. The summed E-state index contributed by atoms with van der Waals surface area (Å²) >= 11 is 1.63. The van der Waals surface area contributed by atoms with E-state index in [1.807, 2.05) is 12.1 Å². The van der Waals surface area contributed by atoms with Gasteiger partial charge in [-0.1, -0.05) is 18.2 Å². The highest BCUT2D eigenvalue weighted by Gasteiger charge is 2.32. The molecule has 3 saturated heterocycles. The zero-order chi connectivity index (χ0) is 13.5. The Morgan fingerprint density at radius 2 is 1.90 bits per heavy atom. The summed E-state index contributed by atoms with van der Waals surface area (Å²) < 4.78 is 1.21. The number of carbonyl (C=O) groups excluding carboxylic acids is 1. The number of fused-ring (bicyclic) bond motifs is 5. The second kappa shape index (κ2) is 4.86.